The first-order valence-electron chi connectivity index (χ1n) is 11.0. The Morgan fingerprint density at radius 2 is 1.61 bits per heavy atom. The van der Waals surface area contributed by atoms with E-state index < -0.39 is 11.0 Å². The fourth-order valence-electron chi connectivity index (χ4n) is 7.23. The summed E-state index contributed by atoms with van der Waals surface area (Å²) >= 11 is 0. The zero-order chi connectivity index (χ0) is 21.5. The number of carbonyl (C=O) groups excluding carboxylic acids is 1. The molecule has 1 amide bonds. The second-order valence-corrected chi connectivity index (χ2v) is 9.42. The van der Waals surface area contributed by atoms with Gasteiger partial charge >= 0.3 is 0 Å². The van der Waals surface area contributed by atoms with Gasteiger partial charge in [-0.2, -0.15) is 0 Å². The summed E-state index contributed by atoms with van der Waals surface area (Å²) in [6.45, 7) is 4.29. The molecule has 4 aliphatic rings. The van der Waals surface area contributed by atoms with Gasteiger partial charge < -0.3 is 14.1 Å². The van der Waals surface area contributed by atoms with Gasteiger partial charge in [0.1, 0.15) is 11.3 Å². The molecule has 31 heavy (non-hydrogen) atoms. The smallest absolute Gasteiger partial charge is 0.228 e. The molecule has 2 aromatic carbocycles. The Morgan fingerprint density at radius 1 is 1.00 bits per heavy atom. The van der Waals surface area contributed by atoms with E-state index in [1.165, 1.54) is 22.3 Å². The van der Waals surface area contributed by atoms with Gasteiger partial charge in [0, 0.05) is 26.0 Å². The maximum Gasteiger partial charge on any atom is 0.228 e. The van der Waals surface area contributed by atoms with Crippen molar-refractivity contribution in [3.63, 3.8) is 0 Å². The largest absolute Gasteiger partial charge is 0.467 e. The zero-order valence-electron chi connectivity index (χ0n) is 18.3. The third-order valence-electron chi connectivity index (χ3n) is 8.65. The minimum Gasteiger partial charge on any atom is -0.467 e. The molecule has 1 saturated heterocycles. The van der Waals surface area contributed by atoms with Gasteiger partial charge in [-0.3, -0.25) is 4.79 Å². The van der Waals surface area contributed by atoms with Crippen molar-refractivity contribution in [2.24, 2.45) is 11.8 Å². The van der Waals surface area contributed by atoms with Crippen LogP contribution in [0.4, 0.5) is 0 Å². The number of carbonyl (C=O) groups is 1. The van der Waals surface area contributed by atoms with Gasteiger partial charge in [0.15, 0.2) is 0 Å². The van der Waals surface area contributed by atoms with Crippen LogP contribution in [0.5, 0.6) is 0 Å². The first-order chi connectivity index (χ1) is 15.0. The quantitative estimate of drug-likeness (QED) is 0.626. The van der Waals surface area contributed by atoms with Crippen LogP contribution in [0.1, 0.15) is 47.8 Å². The van der Waals surface area contributed by atoms with E-state index in [-0.39, 0.29) is 29.8 Å². The summed E-state index contributed by atoms with van der Waals surface area (Å²) < 4.78 is 12.0. The van der Waals surface area contributed by atoms with Crippen LogP contribution in [-0.4, -0.2) is 31.1 Å². The summed E-state index contributed by atoms with van der Waals surface area (Å²) in [5.41, 5.74) is 4.01. The Hall–Kier alpha value is -2.85. The molecule has 2 heterocycles. The third-order valence-corrected chi connectivity index (χ3v) is 8.65. The number of benzene rings is 2. The van der Waals surface area contributed by atoms with Crippen LogP contribution in [0.2, 0.25) is 0 Å². The Kier molecular flexibility index (Phi) is 3.72. The molecular weight excluding hydrogens is 386 g/mol. The predicted octanol–water partition coefficient (Wildman–Crippen LogP) is 4.68. The van der Waals surface area contributed by atoms with Crippen molar-refractivity contribution >= 4 is 5.91 Å². The van der Waals surface area contributed by atoms with Crippen molar-refractivity contribution in [2.45, 2.75) is 36.8 Å². The topological polar surface area (TPSA) is 42.7 Å². The van der Waals surface area contributed by atoms with Crippen molar-refractivity contribution in [3.8, 4) is 0 Å². The van der Waals surface area contributed by atoms with E-state index in [0.717, 1.165) is 5.76 Å². The molecule has 0 saturated carbocycles. The summed E-state index contributed by atoms with van der Waals surface area (Å²) in [5.74, 6) is 0.948. The van der Waals surface area contributed by atoms with E-state index >= 15 is 0 Å². The summed E-state index contributed by atoms with van der Waals surface area (Å²) in [5, 5.41) is 0. The van der Waals surface area contributed by atoms with E-state index in [1.807, 2.05) is 24.1 Å². The number of methoxy groups -OCH3 is 1. The molecule has 2 bridgehead atoms. The molecule has 0 N–H and O–H groups in total. The van der Waals surface area contributed by atoms with Crippen LogP contribution < -0.4 is 0 Å². The molecule has 4 atom stereocenters. The van der Waals surface area contributed by atoms with Crippen molar-refractivity contribution in [3.05, 3.63) is 94.9 Å². The van der Waals surface area contributed by atoms with E-state index in [0.29, 0.717) is 0 Å². The average molecular weight is 414 g/mol. The Balaban J connectivity index is 1.76. The number of rotatable bonds is 3. The van der Waals surface area contributed by atoms with Crippen molar-refractivity contribution in [2.75, 3.05) is 14.2 Å². The number of hydrogen-bond acceptors (Lipinski definition) is 3. The Morgan fingerprint density at radius 3 is 2.16 bits per heavy atom. The number of ether oxygens (including phenoxy) is 1. The van der Waals surface area contributed by atoms with E-state index in [4.69, 9.17) is 9.15 Å². The molecule has 4 heteroatoms. The molecule has 3 aliphatic carbocycles. The lowest BCUT2D eigenvalue weighted by Crippen LogP contribution is -2.60. The van der Waals surface area contributed by atoms with Gasteiger partial charge in [-0.15, -0.1) is 0 Å². The molecule has 4 nitrogen and oxygen atoms in total. The van der Waals surface area contributed by atoms with Crippen LogP contribution in [0.3, 0.4) is 0 Å². The number of amides is 1. The van der Waals surface area contributed by atoms with Crippen LogP contribution in [0.25, 0.3) is 0 Å². The molecule has 1 fully saturated rings. The second-order valence-electron chi connectivity index (χ2n) is 9.42. The highest BCUT2D eigenvalue weighted by molar-refractivity contribution is 5.89. The third kappa shape index (κ3) is 1.94. The SMILES string of the molecule is CO[C@@H](C)C12c3ccccc3C(c3ccccc31)[C@H]1[C@@H]2C(=O)N(C)[C@]1(C)c1ccco1. The molecule has 158 valence electrons. The number of nitrogens with zero attached hydrogens (tertiary/aromatic N) is 1. The Bertz CT molecular complexity index is 1140. The standard InChI is InChI=1S/C27H27NO3/c1-16(30-4)27-19-12-7-5-10-17(19)22(18-11-6-8-13-20(18)27)23-24(27)25(29)28(3)26(23,2)21-14-9-15-31-21/h5-16,22-24H,1-4H3/t16-,22?,23-,24+,26+,27?/m0/s1. The van der Waals surface area contributed by atoms with Crippen LogP contribution >= 0.6 is 0 Å². The van der Waals surface area contributed by atoms with Gasteiger partial charge in [0.25, 0.3) is 0 Å². The average Bonchev–Trinajstić information content (AvgIpc) is 3.42. The van der Waals surface area contributed by atoms with Crippen molar-refractivity contribution < 1.29 is 13.9 Å². The first kappa shape index (κ1) is 18.9. The van der Waals surface area contributed by atoms with Gasteiger partial charge in [-0.1, -0.05) is 48.5 Å². The molecule has 0 radical (unpaired) electrons. The molecule has 3 aromatic rings. The van der Waals surface area contributed by atoms with Crippen LogP contribution in [0.15, 0.2) is 71.3 Å². The molecule has 1 aromatic heterocycles. The highest BCUT2D eigenvalue weighted by Gasteiger charge is 2.72. The van der Waals surface area contributed by atoms with Gasteiger partial charge in [0.2, 0.25) is 5.91 Å². The summed E-state index contributed by atoms with van der Waals surface area (Å²) in [6.07, 6.45) is 1.54. The fourth-order valence-corrected chi connectivity index (χ4v) is 7.23. The summed E-state index contributed by atoms with van der Waals surface area (Å²) in [6, 6.07) is 21.3. The van der Waals surface area contributed by atoms with E-state index in [2.05, 4.69) is 62.4 Å². The summed E-state index contributed by atoms with van der Waals surface area (Å²) in [7, 11) is 3.69. The minimum absolute atomic E-state index is 0.0403. The lowest BCUT2D eigenvalue weighted by atomic mass is 9.44. The predicted molar refractivity (Wildman–Crippen MR) is 118 cm³/mol. The molecule has 0 unspecified atom stereocenters. The Labute approximate surface area is 182 Å². The highest BCUT2D eigenvalue weighted by atomic mass is 16.5. The zero-order valence-corrected chi connectivity index (χ0v) is 18.3. The van der Waals surface area contributed by atoms with Gasteiger partial charge in [0.05, 0.1) is 23.7 Å². The maximum absolute atomic E-state index is 14.1. The highest BCUT2D eigenvalue weighted by Crippen LogP contribution is 2.69. The van der Waals surface area contributed by atoms with Crippen molar-refractivity contribution in [1.82, 2.24) is 4.90 Å². The van der Waals surface area contributed by atoms with Crippen LogP contribution in [0, 0.1) is 11.8 Å². The number of likely N-dealkylation sites (tertiary alicyclic amines) is 1. The van der Waals surface area contributed by atoms with Gasteiger partial charge in [-0.05, 0) is 48.2 Å². The lowest BCUT2D eigenvalue weighted by Gasteiger charge is -2.58. The lowest BCUT2D eigenvalue weighted by molar-refractivity contribution is -0.135. The molecule has 0 spiro atoms. The van der Waals surface area contributed by atoms with Crippen LogP contribution in [-0.2, 0) is 20.5 Å². The summed E-state index contributed by atoms with van der Waals surface area (Å²) in [4.78, 5) is 16.0. The van der Waals surface area contributed by atoms with E-state index in [1.54, 1.807) is 13.4 Å². The van der Waals surface area contributed by atoms with E-state index in [9.17, 15) is 4.79 Å². The normalized spacial score (nSPS) is 33.7. The number of hydrogen-bond donors (Lipinski definition) is 0. The molecule has 1 aliphatic heterocycles. The minimum atomic E-state index is -0.546. The number of furan rings is 1. The fraction of sp³-hybridized carbons (Fsp3) is 0.370. The second kappa shape index (κ2) is 6.10. The van der Waals surface area contributed by atoms with Crippen molar-refractivity contribution in [1.29, 1.82) is 0 Å². The van der Waals surface area contributed by atoms with Gasteiger partial charge in [-0.25, -0.2) is 0 Å². The first-order valence-corrected chi connectivity index (χ1v) is 11.0. The maximum atomic E-state index is 14.1. The molecular formula is C27H27NO3. The molecule has 7 rings (SSSR count). The monoisotopic (exact) mass is 413 g/mol.